The Morgan fingerprint density at radius 3 is 2.65 bits per heavy atom. The highest BCUT2D eigenvalue weighted by Gasteiger charge is 2.34. The number of rotatable bonds is 2. The van der Waals surface area contributed by atoms with Gasteiger partial charge in [0.25, 0.3) is 5.91 Å². The van der Waals surface area contributed by atoms with Crippen molar-refractivity contribution in [2.45, 2.75) is 12.6 Å². The molecule has 0 fully saturated rings. The Morgan fingerprint density at radius 1 is 1.17 bits per heavy atom. The normalized spacial score (nSPS) is 13.4. The maximum atomic E-state index is 12.9. The van der Waals surface area contributed by atoms with Crippen LogP contribution in [0.25, 0.3) is 0 Å². The number of alkyl halides is 3. The van der Waals surface area contributed by atoms with Crippen molar-refractivity contribution in [3.8, 4) is 5.75 Å². The summed E-state index contributed by atoms with van der Waals surface area (Å²) < 4.78 is 44.0. The van der Waals surface area contributed by atoms with E-state index in [0.717, 1.165) is 17.7 Å². The van der Waals surface area contributed by atoms with Gasteiger partial charge in [0.2, 0.25) is 0 Å². The first kappa shape index (κ1) is 15.7. The molecule has 0 bridgehead atoms. The van der Waals surface area contributed by atoms with E-state index in [0.29, 0.717) is 24.5 Å². The van der Waals surface area contributed by atoms with E-state index in [1.54, 1.807) is 18.2 Å². The Balaban J connectivity index is 1.92. The minimum absolute atomic E-state index is 0.224. The van der Waals surface area contributed by atoms with E-state index in [1.807, 2.05) is 0 Å². The van der Waals surface area contributed by atoms with Gasteiger partial charge in [-0.2, -0.15) is 13.2 Å². The zero-order valence-electron chi connectivity index (χ0n) is 11.7. The molecule has 0 saturated carbocycles. The SMILES string of the molecule is O=C(Nc1cccc2c1CCO2)c1cccc(C(F)(F)F)c1Cl. The average Bonchev–Trinajstić information content (AvgIpc) is 2.95. The van der Waals surface area contributed by atoms with Gasteiger partial charge in [-0.25, -0.2) is 0 Å². The number of benzene rings is 2. The zero-order valence-corrected chi connectivity index (χ0v) is 12.5. The lowest BCUT2D eigenvalue weighted by Gasteiger charge is -2.13. The minimum atomic E-state index is -4.62. The van der Waals surface area contributed by atoms with E-state index in [-0.39, 0.29) is 5.56 Å². The summed E-state index contributed by atoms with van der Waals surface area (Å²) in [6.07, 6.45) is -3.99. The molecule has 2 aromatic rings. The summed E-state index contributed by atoms with van der Waals surface area (Å²) >= 11 is 5.77. The molecule has 1 heterocycles. The fourth-order valence-corrected chi connectivity index (χ4v) is 2.77. The summed E-state index contributed by atoms with van der Waals surface area (Å²) in [7, 11) is 0. The Morgan fingerprint density at radius 2 is 1.91 bits per heavy atom. The van der Waals surface area contributed by atoms with Gasteiger partial charge in [0.15, 0.2) is 0 Å². The molecular weight excluding hydrogens is 331 g/mol. The Labute approximate surface area is 135 Å². The van der Waals surface area contributed by atoms with Crippen LogP contribution in [0.3, 0.4) is 0 Å². The molecule has 1 N–H and O–H groups in total. The van der Waals surface area contributed by atoms with Gasteiger partial charge in [0.05, 0.1) is 22.8 Å². The molecule has 1 amide bonds. The van der Waals surface area contributed by atoms with Crippen molar-refractivity contribution in [3.05, 3.63) is 58.1 Å². The lowest BCUT2D eigenvalue weighted by atomic mass is 10.1. The summed E-state index contributed by atoms with van der Waals surface area (Å²) in [4.78, 5) is 12.3. The lowest BCUT2D eigenvalue weighted by Crippen LogP contribution is -2.16. The number of amides is 1. The van der Waals surface area contributed by atoms with Crippen LogP contribution >= 0.6 is 11.6 Å². The minimum Gasteiger partial charge on any atom is -0.493 e. The van der Waals surface area contributed by atoms with Crippen LogP contribution in [0.4, 0.5) is 18.9 Å². The predicted octanol–water partition coefficient (Wildman–Crippen LogP) is 4.55. The van der Waals surface area contributed by atoms with Gasteiger partial charge in [-0.15, -0.1) is 0 Å². The highest BCUT2D eigenvalue weighted by Crippen LogP contribution is 2.37. The van der Waals surface area contributed by atoms with Gasteiger partial charge >= 0.3 is 6.18 Å². The van der Waals surface area contributed by atoms with Crippen LogP contribution in [-0.2, 0) is 12.6 Å². The monoisotopic (exact) mass is 341 g/mol. The van der Waals surface area contributed by atoms with Gasteiger partial charge in [0.1, 0.15) is 5.75 Å². The molecule has 3 rings (SSSR count). The summed E-state index contributed by atoms with van der Waals surface area (Å²) in [5.74, 6) is -0.0284. The number of nitrogens with one attached hydrogen (secondary N) is 1. The van der Waals surface area contributed by atoms with Gasteiger partial charge < -0.3 is 10.1 Å². The van der Waals surface area contributed by atoms with E-state index in [2.05, 4.69) is 5.32 Å². The standard InChI is InChI=1S/C16H11ClF3NO2/c17-14-10(3-1-4-11(14)16(18,19)20)15(22)21-12-5-2-6-13-9(12)7-8-23-13/h1-6H,7-8H2,(H,21,22). The number of carbonyl (C=O) groups is 1. The van der Waals surface area contributed by atoms with E-state index in [4.69, 9.17) is 16.3 Å². The maximum Gasteiger partial charge on any atom is 0.417 e. The van der Waals surface area contributed by atoms with Crippen molar-refractivity contribution in [1.82, 2.24) is 0 Å². The van der Waals surface area contributed by atoms with Gasteiger partial charge in [-0.1, -0.05) is 23.7 Å². The molecule has 0 saturated heterocycles. The van der Waals surface area contributed by atoms with E-state index < -0.39 is 22.7 Å². The quantitative estimate of drug-likeness (QED) is 0.870. The number of anilines is 1. The number of fused-ring (bicyclic) bond motifs is 1. The second kappa shape index (κ2) is 5.77. The molecule has 0 spiro atoms. The highest BCUT2D eigenvalue weighted by molar-refractivity contribution is 6.35. The molecule has 0 radical (unpaired) electrons. The largest absolute Gasteiger partial charge is 0.493 e. The topological polar surface area (TPSA) is 38.3 Å². The first-order valence-corrected chi connectivity index (χ1v) is 7.17. The molecule has 1 aliphatic rings. The van der Waals surface area contributed by atoms with E-state index in [9.17, 15) is 18.0 Å². The Bertz CT molecular complexity index is 774. The van der Waals surface area contributed by atoms with Crippen LogP contribution in [0.5, 0.6) is 5.75 Å². The molecule has 0 atom stereocenters. The first-order chi connectivity index (χ1) is 10.9. The molecule has 3 nitrogen and oxygen atoms in total. The van der Waals surface area contributed by atoms with Gasteiger partial charge in [-0.05, 0) is 24.3 Å². The summed E-state index contributed by atoms with van der Waals surface area (Å²) in [5, 5.41) is 2.00. The third-order valence-electron chi connectivity index (χ3n) is 3.54. The fourth-order valence-electron chi connectivity index (χ4n) is 2.45. The van der Waals surface area contributed by atoms with Crippen LogP contribution < -0.4 is 10.1 Å². The Kier molecular flexibility index (Phi) is 3.93. The zero-order chi connectivity index (χ0) is 16.6. The van der Waals surface area contributed by atoms with Crippen molar-refractivity contribution < 1.29 is 22.7 Å². The summed E-state index contributed by atoms with van der Waals surface area (Å²) in [5.41, 5.74) is 0.0777. The van der Waals surface area contributed by atoms with Gasteiger partial charge in [0, 0.05) is 17.7 Å². The summed E-state index contributed by atoms with van der Waals surface area (Å²) in [6.45, 7) is 0.506. The number of carbonyl (C=O) groups excluding carboxylic acids is 1. The fraction of sp³-hybridized carbons (Fsp3) is 0.188. The molecular formula is C16H11ClF3NO2. The van der Waals surface area contributed by atoms with Crippen molar-refractivity contribution in [3.63, 3.8) is 0 Å². The van der Waals surface area contributed by atoms with Crippen LogP contribution in [0.15, 0.2) is 36.4 Å². The molecule has 1 aliphatic heterocycles. The van der Waals surface area contributed by atoms with Crippen molar-refractivity contribution in [2.24, 2.45) is 0 Å². The third-order valence-corrected chi connectivity index (χ3v) is 3.95. The maximum absolute atomic E-state index is 12.9. The lowest BCUT2D eigenvalue weighted by molar-refractivity contribution is -0.137. The second-order valence-electron chi connectivity index (χ2n) is 5.00. The molecule has 0 aromatic heterocycles. The van der Waals surface area contributed by atoms with Crippen molar-refractivity contribution in [2.75, 3.05) is 11.9 Å². The average molecular weight is 342 g/mol. The molecule has 0 aliphatic carbocycles. The molecule has 120 valence electrons. The van der Waals surface area contributed by atoms with Crippen LogP contribution in [0.1, 0.15) is 21.5 Å². The third kappa shape index (κ3) is 2.99. The summed E-state index contributed by atoms with van der Waals surface area (Å²) in [6, 6.07) is 8.40. The predicted molar refractivity (Wildman–Crippen MR) is 80.0 cm³/mol. The number of hydrogen-bond donors (Lipinski definition) is 1. The van der Waals surface area contributed by atoms with E-state index >= 15 is 0 Å². The number of hydrogen-bond acceptors (Lipinski definition) is 2. The van der Waals surface area contributed by atoms with E-state index in [1.165, 1.54) is 6.07 Å². The van der Waals surface area contributed by atoms with Crippen LogP contribution in [-0.4, -0.2) is 12.5 Å². The van der Waals surface area contributed by atoms with Crippen molar-refractivity contribution >= 4 is 23.2 Å². The molecule has 0 unspecified atom stereocenters. The number of halogens is 4. The smallest absolute Gasteiger partial charge is 0.417 e. The molecule has 7 heteroatoms. The van der Waals surface area contributed by atoms with Crippen molar-refractivity contribution in [1.29, 1.82) is 0 Å². The molecule has 23 heavy (non-hydrogen) atoms. The van der Waals surface area contributed by atoms with Gasteiger partial charge in [-0.3, -0.25) is 4.79 Å². The molecule has 2 aromatic carbocycles. The first-order valence-electron chi connectivity index (χ1n) is 6.79. The second-order valence-corrected chi connectivity index (χ2v) is 5.38. The highest BCUT2D eigenvalue weighted by atomic mass is 35.5. The number of ether oxygens (including phenoxy) is 1. The van der Waals surface area contributed by atoms with Crippen LogP contribution in [0, 0.1) is 0 Å². The van der Waals surface area contributed by atoms with Crippen LogP contribution in [0.2, 0.25) is 5.02 Å². The Hall–Kier alpha value is -2.21.